The molecule has 4 atom stereocenters. The highest BCUT2D eigenvalue weighted by Gasteiger charge is 2.53. The molecule has 1 amide bonds. The lowest BCUT2D eigenvalue weighted by molar-refractivity contribution is 0.0497. The smallest absolute Gasteiger partial charge is 0.408 e. The van der Waals surface area contributed by atoms with Crippen molar-refractivity contribution in [3.63, 3.8) is 0 Å². The summed E-state index contributed by atoms with van der Waals surface area (Å²) in [5.74, 6) is -0.226. The van der Waals surface area contributed by atoms with E-state index in [0.29, 0.717) is 6.42 Å². The molecule has 1 aliphatic carbocycles. The van der Waals surface area contributed by atoms with Crippen LogP contribution in [0.3, 0.4) is 0 Å². The van der Waals surface area contributed by atoms with Gasteiger partial charge >= 0.3 is 6.09 Å². The van der Waals surface area contributed by atoms with Crippen LogP contribution < -0.4 is 5.32 Å². The Kier molecular flexibility index (Phi) is 3.72. The minimum Gasteiger partial charge on any atom is -0.444 e. The standard InChI is InChI=1S/C11H22NO5P/c1-10(2,3)17-9(14)12-11(4)5-8(11)6-18(15,16)7-13/h8,13H,5-7H2,1-4H3,(H,12,14)(H,15,16)/t8-,11+/m0/s1/i7D/t7?,8-,11+. The van der Waals surface area contributed by atoms with Crippen molar-refractivity contribution < 1.29 is 25.5 Å². The van der Waals surface area contributed by atoms with E-state index in [1.807, 2.05) is 0 Å². The van der Waals surface area contributed by atoms with Gasteiger partial charge in [-0.3, -0.25) is 4.57 Å². The van der Waals surface area contributed by atoms with E-state index in [1.54, 1.807) is 27.7 Å². The van der Waals surface area contributed by atoms with E-state index in [-0.39, 0.29) is 12.1 Å². The van der Waals surface area contributed by atoms with E-state index >= 15 is 0 Å². The molecular weight excluding hydrogens is 257 g/mol. The highest BCUT2D eigenvalue weighted by atomic mass is 31.2. The SMILES string of the molecule is [2H]C(O)P(=O)(O)C[C@@H]1C[C@@]1(C)NC(=O)OC(C)(C)C. The zero-order chi connectivity index (χ0) is 15.1. The average molecular weight is 280 g/mol. The van der Waals surface area contributed by atoms with Crippen LogP contribution in [0.2, 0.25) is 0 Å². The third kappa shape index (κ3) is 4.59. The van der Waals surface area contributed by atoms with Crippen molar-refractivity contribution in [3.8, 4) is 0 Å². The van der Waals surface area contributed by atoms with E-state index < -0.39 is 30.9 Å². The number of amides is 1. The molecule has 0 aromatic rings. The van der Waals surface area contributed by atoms with Gasteiger partial charge < -0.3 is 20.1 Å². The first kappa shape index (κ1) is 13.8. The van der Waals surface area contributed by atoms with E-state index in [0.717, 1.165) is 0 Å². The minimum absolute atomic E-state index is 0.177. The maximum Gasteiger partial charge on any atom is 0.408 e. The molecule has 0 aromatic carbocycles. The largest absolute Gasteiger partial charge is 0.444 e. The Labute approximate surface area is 109 Å². The van der Waals surface area contributed by atoms with Gasteiger partial charge in [-0.15, -0.1) is 0 Å². The highest BCUT2D eigenvalue weighted by Crippen LogP contribution is 2.53. The Hall–Kier alpha value is -0.580. The van der Waals surface area contributed by atoms with Crippen molar-refractivity contribution >= 4 is 13.5 Å². The lowest BCUT2D eigenvalue weighted by Gasteiger charge is -2.22. The Balaban J connectivity index is 2.50. The number of hydrogen-bond donors (Lipinski definition) is 3. The monoisotopic (exact) mass is 280 g/mol. The Morgan fingerprint density at radius 2 is 2.22 bits per heavy atom. The number of rotatable bonds is 4. The van der Waals surface area contributed by atoms with Gasteiger partial charge in [0.05, 0.1) is 1.37 Å². The fourth-order valence-corrected chi connectivity index (χ4v) is 3.03. The van der Waals surface area contributed by atoms with Gasteiger partial charge in [0.15, 0.2) is 0 Å². The Morgan fingerprint density at radius 3 is 2.67 bits per heavy atom. The van der Waals surface area contributed by atoms with Gasteiger partial charge in [0.1, 0.15) is 11.9 Å². The van der Waals surface area contributed by atoms with Gasteiger partial charge in [0.25, 0.3) is 0 Å². The molecule has 106 valence electrons. The summed E-state index contributed by atoms with van der Waals surface area (Å²) < 4.78 is 23.6. The summed E-state index contributed by atoms with van der Waals surface area (Å²) in [5.41, 5.74) is -1.20. The predicted molar refractivity (Wildman–Crippen MR) is 67.7 cm³/mol. The molecule has 1 fully saturated rings. The fourth-order valence-electron chi connectivity index (χ4n) is 1.77. The molecule has 0 bridgehead atoms. The molecule has 1 saturated carbocycles. The normalized spacial score (nSPS) is 33.0. The van der Waals surface area contributed by atoms with Crippen molar-refractivity contribution in [2.75, 3.05) is 12.5 Å². The van der Waals surface area contributed by atoms with Gasteiger partial charge in [0.2, 0.25) is 7.37 Å². The molecule has 3 N–H and O–H groups in total. The number of ether oxygens (including phenoxy) is 1. The molecule has 0 spiro atoms. The summed E-state index contributed by atoms with van der Waals surface area (Å²) in [6.07, 6.45) is -2.21. The van der Waals surface area contributed by atoms with Crippen LogP contribution in [0.5, 0.6) is 0 Å². The molecule has 1 rings (SSSR count). The summed E-state index contributed by atoms with van der Waals surface area (Å²) in [7, 11) is -3.89. The third-order valence-electron chi connectivity index (χ3n) is 2.86. The quantitative estimate of drug-likeness (QED) is 0.678. The second-order valence-corrected chi connectivity index (χ2v) is 8.11. The molecule has 0 saturated heterocycles. The van der Waals surface area contributed by atoms with Crippen LogP contribution in [0.4, 0.5) is 4.79 Å². The number of nitrogens with one attached hydrogen (secondary N) is 1. The predicted octanol–water partition coefficient (Wildman–Crippen LogP) is 1.51. The lowest BCUT2D eigenvalue weighted by Crippen LogP contribution is -2.40. The Morgan fingerprint density at radius 1 is 1.67 bits per heavy atom. The molecule has 1 aliphatic rings. The van der Waals surface area contributed by atoms with Gasteiger partial charge in [0, 0.05) is 11.7 Å². The summed E-state index contributed by atoms with van der Waals surface area (Å²) in [6.45, 7) is 6.99. The second kappa shape index (κ2) is 4.83. The minimum atomic E-state index is -3.89. The van der Waals surface area contributed by atoms with Crippen LogP contribution >= 0.6 is 7.37 Å². The van der Waals surface area contributed by atoms with Crippen molar-refractivity contribution in [2.45, 2.75) is 45.3 Å². The number of carbonyl (C=O) groups is 1. The van der Waals surface area contributed by atoms with E-state index in [4.69, 9.17) is 11.2 Å². The molecule has 0 radical (unpaired) electrons. The number of hydrogen-bond acceptors (Lipinski definition) is 4. The van der Waals surface area contributed by atoms with Crippen LogP contribution in [-0.2, 0) is 9.30 Å². The second-order valence-electron chi connectivity index (χ2n) is 6.00. The van der Waals surface area contributed by atoms with Crippen LogP contribution in [0.1, 0.15) is 35.5 Å². The van der Waals surface area contributed by atoms with E-state index in [2.05, 4.69) is 5.32 Å². The van der Waals surface area contributed by atoms with Gasteiger partial charge in [-0.25, -0.2) is 4.79 Å². The summed E-state index contributed by atoms with van der Waals surface area (Å²) in [6, 6.07) is 0. The molecule has 0 aliphatic heterocycles. The van der Waals surface area contributed by atoms with Crippen molar-refractivity contribution in [2.24, 2.45) is 5.92 Å². The van der Waals surface area contributed by atoms with Crippen LogP contribution in [-0.4, -0.2) is 39.7 Å². The topological polar surface area (TPSA) is 95.9 Å². The zero-order valence-corrected chi connectivity index (χ0v) is 12.0. The van der Waals surface area contributed by atoms with E-state index in [1.165, 1.54) is 0 Å². The summed E-state index contributed by atoms with van der Waals surface area (Å²) >= 11 is 0. The number of aliphatic hydroxyl groups is 1. The zero-order valence-electron chi connectivity index (χ0n) is 12.1. The maximum atomic E-state index is 11.6. The van der Waals surface area contributed by atoms with E-state index in [9.17, 15) is 14.3 Å². The number of alkyl carbamates (subject to hydrolysis) is 1. The van der Waals surface area contributed by atoms with Crippen molar-refractivity contribution in [1.82, 2.24) is 5.32 Å². The molecule has 7 heteroatoms. The van der Waals surface area contributed by atoms with Gasteiger partial charge in [-0.05, 0) is 40.0 Å². The summed E-state index contributed by atoms with van der Waals surface area (Å²) in [4.78, 5) is 21.0. The molecule has 18 heavy (non-hydrogen) atoms. The number of carbonyl (C=O) groups excluding carboxylic acids is 1. The van der Waals surface area contributed by atoms with Crippen molar-refractivity contribution in [3.05, 3.63) is 0 Å². The Bertz CT molecular complexity index is 408. The van der Waals surface area contributed by atoms with Gasteiger partial charge in [-0.2, -0.15) is 0 Å². The lowest BCUT2D eigenvalue weighted by atomic mass is 10.2. The molecular formula is C11H22NO5P. The first-order valence-corrected chi connectivity index (χ1v) is 7.70. The fraction of sp³-hybridized carbons (Fsp3) is 0.909. The van der Waals surface area contributed by atoms with Crippen molar-refractivity contribution in [1.29, 1.82) is 0 Å². The van der Waals surface area contributed by atoms with Crippen LogP contribution in [0.15, 0.2) is 0 Å². The average Bonchev–Trinajstić information content (AvgIpc) is 2.69. The summed E-state index contributed by atoms with van der Waals surface area (Å²) in [5, 5.41) is 11.6. The first-order valence-electron chi connectivity index (χ1n) is 6.36. The highest BCUT2D eigenvalue weighted by molar-refractivity contribution is 7.57. The molecule has 0 aromatic heterocycles. The third-order valence-corrected chi connectivity index (χ3v) is 4.19. The molecule has 6 nitrogen and oxygen atoms in total. The van der Waals surface area contributed by atoms with Crippen LogP contribution in [0, 0.1) is 5.92 Å². The molecule has 2 unspecified atom stereocenters. The maximum absolute atomic E-state index is 11.6. The van der Waals surface area contributed by atoms with Gasteiger partial charge in [-0.1, -0.05) is 0 Å². The number of aliphatic hydroxyl groups excluding tert-OH is 1. The molecule has 0 heterocycles. The van der Waals surface area contributed by atoms with Crippen LogP contribution in [0.25, 0.3) is 0 Å². The first-order chi connectivity index (χ1) is 8.36.